The molecule has 0 heterocycles. The Kier molecular flexibility index (Phi) is 4.32. The maximum absolute atomic E-state index is 9.94. The minimum Gasteiger partial charge on any atom is -0.392 e. The van der Waals surface area contributed by atoms with Crippen LogP contribution in [0.2, 0.25) is 0 Å². The van der Waals surface area contributed by atoms with Crippen LogP contribution in [0.4, 0.5) is 0 Å². The summed E-state index contributed by atoms with van der Waals surface area (Å²) in [7, 11) is 0. The molecule has 1 N–H and O–H groups in total. The molecular weight excluding hydrogens is 116 g/mol. The number of aliphatic hydroxyl groups excluding tert-OH is 1. The van der Waals surface area contributed by atoms with Gasteiger partial charge < -0.3 is 5.11 Å². The van der Waals surface area contributed by atoms with Crippen LogP contribution in [0.5, 0.6) is 0 Å². The molecule has 2 nitrogen and oxygen atoms in total. The largest absolute Gasteiger partial charge is 0.392 e. The van der Waals surface area contributed by atoms with E-state index in [0.717, 1.165) is 6.42 Å². The molecule has 0 aliphatic rings. The third-order valence-electron chi connectivity index (χ3n) is 1.35. The maximum Gasteiger partial charge on any atom is 0.204 e. The van der Waals surface area contributed by atoms with Gasteiger partial charge >= 0.3 is 0 Å². The van der Waals surface area contributed by atoms with Gasteiger partial charge in [-0.25, -0.2) is 0 Å². The van der Waals surface area contributed by atoms with E-state index >= 15 is 0 Å². The predicted octanol–water partition coefficient (Wildman–Crippen LogP) is 0.893. The second-order valence-corrected chi connectivity index (χ2v) is 2.26. The van der Waals surface area contributed by atoms with Crippen LogP contribution in [0.15, 0.2) is 0 Å². The molecule has 1 radical (unpaired) electrons. The van der Waals surface area contributed by atoms with Gasteiger partial charge in [-0.15, -0.1) is 0 Å². The summed E-state index contributed by atoms with van der Waals surface area (Å²) in [6.07, 6.45) is 2.86. The molecule has 0 aliphatic carbocycles. The van der Waals surface area contributed by atoms with E-state index < -0.39 is 6.10 Å². The smallest absolute Gasteiger partial charge is 0.204 e. The van der Waals surface area contributed by atoms with E-state index in [-0.39, 0.29) is 5.92 Å². The van der Waals surface area contributed by atoms with Gasteiger partial charge in [0.05, 0.1) is 6.10 Å². The first-order chi connectivity index (χ1) is 4.22. The summed E-state index contributed by atoms with van der Waals surface area (Å²) in [5.74, 6) is -0.329. The second-order valence-electron chi connectivity index (χ2n) is 2.26. The zero-order valence-electron chi connectivity index (χ0n) is 5.92. The van der Waals surface area contributed by atoms with E-state index in [0.29, 0.717) is 6.42 Å². The fraction of sp³-hybridized carbons (Fsp3) is 0.857. The molecule has 53 valence electrons. The summed E-state index contributed by atoms with van der Waals surface area (Å²) >= 11 is 0. The van der Waals surface area contributed by atoms with Gasteiger partial charge in [-0.3, -0.25) is 4.79 Å². The molecule has 0 amide bonds. The molecule has 0 unspecified atom stereocenters. The molecule has 0 bridgehead atoms. The number of rotatable bonds is 4. The van der Waals surface area contributed by atoms with E-state index in [2.05, 4.69) is 0 Å². The Morgan fingerprint density at radius 1 is 1.67 bits per heavy atom. The van der Waals surface area contributed by atoms with E-state index in [1.807, 2.05) is 6.92 Å². The van der Waals surface area contributed by atoms with E-state index in [1.54, 1.807) is 13.2 Å². The summed E-state index contributed by atoms with van der Waals surface area (Å²) < 4.78 is 0. The van der Waals surface area contributed by atoms with Crippen LogP contribution in [0.1, 0.15) is 26.7 Å². The fourth-order valence-electron chi connectivity index (χ4n) is 0.624. The van der Waals surface area contributed by atoms with Crippen molar-refractivity contribution in [2.45, 2.75) is 32.8 Å². The van der Waals surface area contributed by atoms with Crippen LogP contribution in [0, 0.1) is 5.92 Å². The molecule has 0 aliphatic heterocycles. The molecule has 0 saturated heterocycles. The first-order valence-electron chi connectivity index (χ1n) is 3.28. The zero-order chi connectivity index (χ0) is 7.28. The lowest BCUT2D eigenvalue weighted by Gasteiger charge is -2.09. The van der Waals surface area contributed by atoms with Crippen molar-refractivity contribution in [1.29, 1.82) is 0 Å². The predicted molar refractivity (Wildman–Crippen MR) is 35.8 cm³/mol. The highest BCUT2D eigenvalue weighted by Gasteiger charge is 2.11. The van der Waals surface area contributed by atoms with Gasteiger partial charge in [0.1, 0.15) is 0 Å². The Morgan fingerprint density at radius 3 is 2.56 bits per heavy atom. The topological polar surface area (TPSA) is 37.3 Å². The van der Waals surface area contributed by atoms with Crippen molar-refractivity contribution in [3.63, 3.8) is 0 Å². The van der Waals surface area contributed by atoms with Gasteiger partial charge in [-0.05, 0) is 6.42 Å². The average Bonchev–Trinajstić information content (AvgIpc) is 1.87. The molecule has 0 aromatic rings. The van der Waals surface area contributed by atoms with E-state index in [4.69, 9.17) is 5.11 Å². The Labute approximate surface area is 55.9 Å². The van der Waals surface area contributed by atoms with Crippen LogP contribution in [0.3, 0.4) is 0 Å². The lowest BCUT2D eigenvalue weighted by molar-refractivity contribution is 0.133. The summed E-state index contributed by atoms with van der Waals surface area (Å²) in [5.41, 5.74) is 0. The Bertz CT molecular complexity index is 81.0. The molecule has 0 saturated carbocycles. The molecule has 0 spiro atoms. The number of aliphatic hydroxyl groups is 1. The normalized spacial score (nSPS) is 16.8. The summed E-state index contributed by atoms with van der Waals surface area (Å²) in [6.45, 7) is 3.65. The number of carbonyl (C=O) groups excluding carboxylic acids is 1. The molecular formula is C7H13O2. The van der Waals surface area contributed by atoms with Gasteiger partial charge in [0.2, 0.25) is 6.29 Å². The summed E-state index contributed by atoms with van der Waals surface area (Å²) in [6, 6.07) is 0. The van der Waals surface area contributed by atoms with E-state index in [9.17, 15) is 4.79 Å². The minimum absolute atomic E-state index is 0.329. The average molecular weight is 129 g/mol. The van der Waals surface area contributed by atoms with Crippen molar-refractivity contribution < 1.29 is 9.90 Å². The van der Waals surface area contributed by atoms with Gasteiger partial charge in [0.25, 0.3) is 0 Å². The monoisotopic (exact) mass is 129 g/mol. The van der Waals surface area contributed by atoms with Crippen LogP contribution < -0.4 is 0 Å². The highest BCUT2D eigenvalue weighted by molar-refractivity contribution is 5.54. The summed E-state index contributed by atoms with van der Waals surface area (Å²) in [4.78, 5) is 9.94. The highest BCUT2D eigenvalue weighted by atomic mass is 16.3. The second kappa shape index (κ2) is 4.50. The summed E-state index contributed by atoms with van der Waals surface area (Å²) in [5, 5.41) is 9.06. The SMILES string of the molecule is CCC[C@@H](O)[C@H](C)[C]=O. The van der Waals surface area contributed by atoms with Crippen LogP contribution in [-0.4, -0.2) is 17.5 Å². The van der Waals surface area contributed by atoms with E-state index in [1.165, 1.54) is 0 Å². The van der Waals surface area contributed by atoms with Crippen molar-refractivity contribution in [2.75, 3.05) is 0 Å². The third-order valence-corrected chi connectivity index (χ3v) is 1.35. The third kappa shape index (κ3) is 3.25. The van der Waals surface area contributed by atoms with Crippen molar-refractivity contribution in [3.05, 3.63) is 0 Å². The Morgan fingerprint density at radius 2 is 2.22 bits per heavy atom. The van der Waals surface area contributed by atoms with Crippen LogP contribution in [-0.2, 0) is 4.79 Å². The first-order valence-corrected chi connectivity index (χ1v) is 3.28. The molecule has 2 atom stereocenters. The Hall–Kier alpha value is -0.370. The van der Waals surface area contributed by atoms with Gasteiger partial charge in [-0.1, -0.05) is 20.3 Å². The number of hydrogen-bond acceptors (Lipinski definition) is 2. The quantitative estimate of drug-likeness (QED) is 0.612. The highest BCUT2D eigenvalue weighted by Crippen LogP contribution is 2.05. The van der Waals surface area contributed by atoms with Gasteiger partial charge in [-0.2, -0.15) is 0 Å². The standard InChI is InChI=1S/C7H13O2/c1-3-4-7(9)6(2)5-8/h6-7,9H,3-4H2,1-2H3/t6-,7-/m1/s1. The lowest BCUT2D eigenvalue weighted by Crippen LogP contribution is -2.17. The number of hydrogen-bond donors (Lipinski definition) is 1. The molecule has 0 rings (SSSR count). The molecule has 9 heavy (non-hydrogen) atoms. The van der Waals surface area contributed by atoms with Crippen molar-refractivity contribution in [2.24, 2.45) is 5.92 Å². The van der Waals surface area contributed by atoms with Crippen molar-refractivity contribution in [1.82, 2.24) is 0 Å². The molecule has 0 fully saturated rings. The zero-order valence-corrected chi connectivity index (χ0v) is 5.92. The van der Waals surface area contributed by atoms with Gasteiger partial charge in [0.15, 0.2) is 0 Å². The Balaban J connectivity index is 3.44. The van der Waals surface area contributed by atoms with Crippen LogP contribution >= 0.6 is 0 Å². The molecule has 0 aromatic heterocycles. The first kappa shape index (κ1) is 8.63. The fourth-order valence-corrected chi connectivity index (χ4v) is 0.624. The van der Waals surface area contributed by atoms with Crippen LogP contribution in [0.25, 0.3) is 0 Å². The lowest BCUT2D eigenvalue weighted by atomic mass is 10.0. The minimum atomic E-state index is -0.493. The maximum atomic E-state index is 9.94. The van der Waals surface area contributed by atoms with Gasteiger partial charge in [0, 0.05) is 5.92 Å². The molecule has 0 aromatic carbocycles. The van der Waals surface area contributed by atoms with Crippen molar-refractivity contribution in [3.8, 4) is 0 Å². The molecule has 2 heteroatoms. The van der Waals surface area contributed by atoms with Crippen molar-refractivity contribution >= 4 is 6.29 Å².